The summed E-state index contributed by atoms with van der Waals surface area (Å²) >= 11 is 0. The van der Waals surface area contributed by atoms with Gasteiger partial charge in [-0.2, -0.15) is 5.10 Å². The molecule has 1 aromatic carbocycles. The standard InChI is InChI=1S/C18H17N3O/c1-11-5-6-13(12(2)22)8-14(11)15-9-16(15)17-10-19-18-4-3-7-20-21(17)18/h3-8,10,15-16H,9H2,1-2H3. The van der Waals surface area contributed by atoms with E-state index in [4.69, 9.17) is 0 Å². The van der Waals surface area contributed by atoms with Crippen molar-refractivity contribution < 1.29 is 4.79 Å². The van der Waals surface area contributed by atoms with Crippen LogP contribution in [-0.4, -0.2) is 20.4 Å². The van der Waals surface area contributed by atoms with E-state index in [9.17, 15) is 4.79 Å². The van der Waals surface area contributed by atoms with Crippen LogP contribution in [0.25, 0.3) is 5.65 Å². The maximum absolute atomic E-state index is 11.6. The maximum atomic E-state index is 11.6. The molecule has 2 aromatic heterocycles. The number of nitrogens with zero attached hydrogens (tertiary/aromatic N) is 3. The fourth-order valence-corrected chi connectivity index (χ4v) is 3.22. The van der Waals surface area contributed by atoms with Crippen molar-refractivity contribution in [2.24, 2.45) is 0 Å². The van der Waals surface area contributed by atoms with Crippen LogP contribution < -0.4 is 0 Å². The van der Waals surface area contributed by atoms with Crippen LogP contribution in [0, 0.1) is 6.92 Å². The van der Waals surface area contributed by atoms with Gasteiger partial charge in [-0.15, -0.1) is 0 Å². The van der Waals surface area contributed by atoms with Gasteiger partial charge in [0.25, 0.3) is 0 Å². The van der Waals surface area contributed by atoms with Gasteiger partial charge in [0.2, 0.25) is 0 Å². The summed E-state index contributed by atoms with van der Waals surface area (Å²) in [5.41, 5.74) is 5.37. The molecule has 3 aromatic rings. The summed E-state index contributed by atoms with van der Waals surface area (Å²) in [5, 5.41) is 4.40. The molecule has 1 aliphatic rings. The first-order valence-corrected chi connectivity index (χ1v) is 7.55. The van der Waals surface area contributed by atoms with Crippen molar-refractivity contribution in [3.8, 4) is 0 Å². The highest BCUT2D eigenvalue weighted by Crippen LogP contribution is 2.55. The number of aromatic nitrogens is 3. The van der Waals surface area contributed by atoms with E-state index in [1.165, 1.54) is 11.1 Å². The number of fused-ring (bicyclic) bond motifs is 1. The number of rotatable bonds is 3. The van der Waals surface area contributed by atoms with E-state index < -0.39 is 0 Å². The van der Waals surface area contributed by atoms with Gasteiger partial charge in [0.15, 0.2) is 11.4 Å². The van der Waals surface area contributed by atoms with Crippen LogP contribution in [0.1, 0.15) is 52.4 Å². The molecule has 0 bridgehead atoms. The number of benzene rings is 1. The number of hydrogen-bond acceptors (Lipinski definition) is 3. The molecule has 4 nitrogen and oxygen atoms in total. The summed E-state index contributed by atoms with van der Waals surface area (Å²) in [6.45, 7) is 3.73. The summed E-state index contributed by atoms with van der Waals surface area (Å²) in [6.07, 6.45) is 4.81. The van der Waals surface area contributed by atoms with Crippen LogP contribution in [0.3, 0.4) is 0 Å². The minimum absolute atomic E-state index is 0.120. The van der Waals surface area contributed by atoms with Crippen molar-refractivity contribution in [2.75, 3.05) is 0 Å². The number of imidazole rings is 1. The lowest BCUT2D eigenvalue weighted by atomic mass is 9.98. The van der Waals surface area contributed by atoms with Crippen molar-refractivity contribution >= 4 is 11.4 Å². The Morgan fingerprint density at radius 1 is 1.27 bits per heavy atom. The normalized spacial score (nSPS) is 20.3. The second-order valence-electron chi connectivity index (χ2n) is 6.05. The summed E-state index contributed by atoms with van der Waals surface area (Å²) in [5.74, 6) is 1.02. The Kier molecular flexibility index (Phi) is 2.86. The Hall–Kier alpha value is -2.49. The minimum atomic E-state index is 0.120. The van der Waals surface area contributed by atoms with Crippen LogP contribution in [0.4, 0.5) is 0 Å². The molecule has 4 rings (SSSR count). The zero-order chi connectivity index (χ0) is 15.3. The maximum Gasteiger partial charge on any atom is 0.159 e. The number of ketones is 1. The van der Waals surface area contributed by atoms with Crippen LogP contribution in [0.5, 0.6) is 0 Å². The van der Waals surface area contributed by atoms with Gasteiger partial charge >= 0.3 is 0 Å². The second kappa shape index (κ2) is 4.77. The number of hydrogen-bond donors (Lipinski definition) is 0. The van der Waals surface area contributed by atoms with Gasteiger partial charge in [-0.3, -0.25) is 4.79 Å². The molecule has 2 atom stereocenters. The minimum Gasteiger partial charge on any atom is -0.295 e. The molecule has 0 spiro atoms. The molecule has 1 aliphatic carbocycles. The lowest BCUT2D eigenvalue weighted by Crippen LogP contribution is -1.98. The van der Waals surface area contributed by atoms with Crippen molar-refractivity contribution in [1.82, 2.24) is 14.6 Å². The smallest absolute Gasteiger partial charge is 0.159 e. The van der Waals surface area contributed by atoms with Gasteiger partial charge in [-0.1, -0.05) is 12.1 Å². The third kappa shape index (κ3) is 2.03. The molecule has 0 saturated heterocycles. The average molecular weight is 291 g/mol. The van der Waals surface area contributed by atoms with Gasteiger partial charge in [0, 0.05) is 17.7 Å². The van der Waals surface area contributed by atoms with Gasteiger partial charge in [-0.25, -0.2) is 9.50 Å². The lowest BCUT2D eigenvalue weighted by Gasteiger charge is -2.07. The second-order valence-corrected chi connectivity index (χ2v) is 6.05. The van der Waals surface area contributed by atoms with Gasteiger partial charge < -0.3 is 0 Å². The third-order valence-electron chi connectivity index (χ3n) is 4.56. The first kappa shape index (κ1) is 13.2. The molecule has 2 heterocycles. The Morgan fingerprint density at radius 3 is 2.95 bits per heavy atom. The Labute approximate surface area is 128 Å². The zero-order valence-corrected chi connectivity index (χ0v) is 12.7. The molecule has 1 fully saturated rings. The summed E-state index contributed by atoms with van der Waals surface area (Å²) < 4.78 is 1.93. The molecule has 2 unspecified atom stereocenters. The Morgan fingerprint density at radius 2 is 2.14 bits per heavy atom. The van der Waals surface area contributed by atoms with Crippen LogP contribution in [0.2, 0.25) is 0 Å². The largest absolute Gasteiger partial charge is 0.295 e. The average Bonchev–Trinajstić information content (AvgIpc) is 3.18. The predicted molar refractivity (Wildman–Crippen MR) is 84.3 cm³/mol. The number of aryl methyl sites for hydroxylation is 1. The van der Waals surface area contributed by atoms with E-state index in [1.54, 1.807) is 13.1 Å². The first-order chi connectivity index (χ1) is 10.6. The Bertz CT molecular complexity index is 881. The monoisotopic (exact) mass is 291 g/mol. The highest BCUT2D eigenvalue weighted by Gasteiger charge is 2.42. The molecule has 4 heteroatoms. The van der Waals surface area contributed by atoms with E-state index in [2.05, 4.69) is 23.1 Å². The number of Topliss-reactive ketones (excluding diaryl/α,β-unsaturated/α-hetero) is 1. The van der Waals surface area contributed by atoms with Crippen molar-refractivity contribution in [3.05, 3.63) is 65.1 Å². The topological polar surface area (TPSA) is 47.3 Å². The molecule has 22 heavy (non-hydrogen) atoms. The van der Waals surface area contributed by atoms with Crippen molar-refractivity contribution in [2.45, 2.75) is 32.1 Å². The first-order valence-electron chi connectivity index (χ1n) is 7.55. The molecule has 110 valence electrons. The van der Waals surface area contributed by atoms with Crippen molar-refractivity contribution in [1.29, 1.82) is 0 Å². The fraction of sp³-hybridized carbons (Fsp3) is 0.278. The molecular formula is C18H17N3O. The SMILES string of the molecule is CC(=O)c1ccc(C)c(C2CC2c2cnc3cccnn23)c1. The third-order valence-corrected chi connectivity index (χ3v) is 4.56. The summed E-state index contributed by atoms with van der Waals surface area (Å²) in [7, 11) is 0. The lowest BCUT2D eigenvalue weighted by molar-refractivity contribution is 0.101. The fourth-order valence-electron chi connectivity index (χ4n) is 3.22. The highest BCUT2D eigenvalue weighted by molar-refractivity contribution is 5.94. The van der Waals surface area contributed by atoms with E-state index in [1.807, 2.05) is 35.0 Å². The number of carbonyl (C=O) groups is 1. The molecule has 0 aliphatic heterocycles. The quantitative estimate of drug-likeness (QED) is 0.694. The van der Waals surface area contributed by atoms with Gasteiger partial charge in [0.1, 0.15) is 0 Å². The van der Waals surface area contributed by atoms with E-state index in [0.717, 1.165) is 23.3 Å². The Balaban J connectivity index is 1.70. The predicted octanol–water partition coefficient (Wildman–Crippen LogP) is 3.51. The van der Waals surface area contributed by atoms with E-state index in [0.29, 0.717) is 11.8 Å². The molecular weight excluding hydrogens is 274 g/mol. The molecule has 0 radical (unpaired) electrons. The van der Waals surface area contributed by atoms with Gasteiger partial charge in [-0.05, 0) is 55.5 Å². The zero-order valence-electron chi connectivity index (χ0n) is 12.7. The molecule has 1 saturated carbocycles. The van der Waals surface area contributed by atoms with Crippen molar-refractivity contribution in [3.63, 3.8) is 0 Å². The van der Waals surface area contributed by atoms with Gasteiger partial charge in [0.05, 0.1) is 11.9 Å². The summed E-state index contributed by atoms with van der Waals surface area (Å²) in [6, 6.07) is 9.88. The van der Waals surface area contributed by atoms with E-state index in [-0.39, 0.29) is 5.78 Å². The highest BCUT2D eigenvalue weighted by atomic mass is 16.1. The van der Waals surface area contributed by atoms with Crippen LogP contribution in [0.15, 0.2) is 42.7 Å². The van der Waals surface area contributed by atoms with Crippen LogP contribution >= 0.6 is 0 Å². The summed E-state index contributed by atoms with van der Waals surface area (Å²) in [4.78, 5) is 16.0. The molecule has 0 N–H and O–H groups in total. The molecule has 0 amide bonds. The van der Waals surface area contributed by atoms with Crippen LogP contribution in [-0.2, 0) is 0 Å². The van der Waals surface area contributed by atoms with E-state index >= 15 is 0 Å². The number of carbonyl (C=O) groups excluding carboxylic acids is 1.